The number of aryl methyl sites for hydroxylation is 2. The van der Waals surface area contributed by atoms with E-state index in [1.165, 1.54) is 11.0 Å². The van der Waals surface area contributed by atoms with Gasteiger partial charge in [-0.05, 0) is 50.5 Å². The molecule has 0 saturated carbocycles. The maximum atomic E-state index is 14.6. The normalized spacial score (nSPS) is 12.5. The Hall–Kier alpha value is -3.67. The third-order valence-electron chi connectivity index (χ3n) is 6.25. The average Bonchev–Trinajstić information content (AvgIpc) is 2.87. The summed E-state index contributed by atoms with van der Waals surface area (Å²) < 4.78 is 20.5. The van der Waals surface area contributed by atoms with Gasteiger partial charge in [-0.3, -0.25) is 9.59 Å². The molecule has 0 spiro atoms. The van der Waals surface area contributed by atoms with Gasteiger partial charge < -0.3 is 15.0 Å². The van der Waals surface area contributed by atoms with Crippen LogP contribution in [0.3, 0.4) is 0 Å². The van der Waals surface area contributed by atoms with Crippen LogP contribution in [0.5, 0.6) is 5.75 Å². The van der Waals surface area contributed by atoms with Crippen molar-refractivity contribution >= 4 is 11.8 Å². The first-order valence-corrected chi connectivity index (χ1v) is 12.4. The molecule has 36 heavy (non-hydrogen) atoms. The number of benzene rings is 3. The maximum absolute atomic E-state index is 14.6. The Labute approximate surface area is 213 Å². The van der Waals surface area contributed by atoms with Crippen molar-refractivity contribution in [3.63, 3.8) is 0 Å². The SMILES string of the molecule is CCC(C)NC(=O)C(Cc1ccccc1)N(Cc1ccccc1F)C(=O)COc1ccc(C)cc1C. The van der Waals surface area contributed by atoms with Crippen LogP contribution in [-0.2, 0) is 22.6 Å². The molecule has 0 aliphatic heterocycles. The number of nitrogens with zero attached hydrogens (tertiary/aromatic N) is 1. The molecule has 0 aromatic heterocycles. The lowest BCUT2D eigenvalue weighted by molar-refractivity contribution is -0.143. The second-order valence-electron chi connectivity index (χ2n) is 9.19. The van der Waals surface area contributed by atoms with Gasteiger partial charge in [0.2, 0.25) is 5.91 Å². The number of nitrogens with one attached hydrogen (secondary N) is 1. The van der Waals surface area contributed by atoms with E-state index in [0.29, 0.717) is 17.7 Å². The number of ether oxygens (including phenoxy) is 1. The van der Waals surface area contributed by atoms with Crippen LogP contribution in [0.25, 0.3) is 0 Å². The zero-order valence-electron chi connectivity index (χ0n) is 21.5. The van der Waals surface area contributed by atoms with Crippen molar-refractivity contribution in [3.8, 4) is 5.75 Å². The zero-order chi connectivity index (χ0) is 26.1. The predicted octanol–water partition coefficient (Wildman–Crippen LogP) is 5.38. The largest absolute Gasteiger partial charge is 0.483 e. The van der Waals surface area contributed by atoms with Crippen molar-refractivity contribution in [3.05, 3.63) is 101 Å². The third kappa shape index (κ3) is 7.41. The van der Waals surface area contributed by atoms with E-state index in [9.17, 15) is 14.0 Å². The number of carbonyl (C=O) groups is 2. The van der Waals surface area contributed by atoms with Crippen molar-refractivity contribution < 1.29 is 18.7 Å². The van der Waals surface area contributed by atoms with Gasteiger partial charge in [0.15, 0.2) is 6.61 Å². The molecule has 5 nitrogen and oxygen atoms in total. The number of rotatable bonds is 11. The predicted molar refractivity (Wildman–Crippen MR) is 140 cm³/mol. The van der Waals surface area contributed by atoms with Crippen molar-refractivity contribution in [1.29, 1.82) is 0 Å². The van der Waals surface area contributed by atoms with E-state index in [-0.39, 0.29) is 25.1 Å². The van der Waals surface area contributed by atoms with Gasteiger partial charge in [-0.1, -0.05) is 73.2 Å². The van der Waals surface area contributed by atoms with Crippen LogP contribution in [0.2, 0.25) is 0 Å². The number of amides is 2. The molecule has 0 bridgehead atoms. The number of hydrogen-bond acceptors (Lipinski definition) is 3. The first kappa shape index (κ1) is 26.9. The molecule has 0 aliphatic rings. The van der Waals surface area contributed by atoms with Crippen LogP contribution < -0.4 is 10.1 Å². The molecule has 6 heteroatoms. The van der Waals surface area contributed by atoms with Gasteiger partial charge in [-0.15, -0.1) is 0 Å². The first-order valence-electron chi connectivity index (χ1n) is 12.4. The summed E-state index contributed by atoms with van der Waals surface area (Å²) >= 11 is 0. The average molecular weight is 491 g/mol. The molecular formula is C30H35FN2O3. The van der Waals surface area contributed by atoms with Crippen LogP contribution >= 0.6 is 0 Å². The summed E-state index contributed by atoms with van der Waals surface area (Å²) in [4.78, 5) is 28.5. The molecule has 2 amide bonds. The maximum Gasteiger partial charge on any atom is 0.261 e. The van der Waals surface area contributed by atoms with Crippen molar-refractivity contribution in [2.24, 2.45) is 0 Å². The second-order valence-corrected chi connectivity index (χ2v) is 9.19. The fourth-order valence-corrected chi connectivity index (χ4v) is 3.99. The van der Waals surface area contributed by atoms with Crippen LogP contribution in [0.15, 0.2) is 72.8 Å². The smallest absolute Gasteiger partial charge is 0.261 e. The monoisotopic (exact) mass is 490 g/mol. The lowest BCUT2D eigenvalue weighted by atomic mass is 10.0. The van der Waals surface area contributed by atoms with Gasteiger partial charge in [0.25, 0.3) is 5.91 Å². The summed E-state index contributed by atoms with van der Waals surface area (Å²) in [5.41, 5.74) is 3.26. The van der Waals surface area contributed by atoms with Crippen LogP contribution in [0, 0.1) is 19.7 Å². The van der Waals surface area contributed by atoms with Crippen LogP contribution in [0.4, 0.5) is 4.39 Å². The third-order valence-corrected chi connectivity index (χ3v) is 6.25. The van der Waals surface area contributed by atoms with E-state index in [1.807, 2.05) is 76.2 Å². The molecule has 0 radical (unpaired) electrons. The van der Waals surface area contributed by atoms with E-state index in [1.54, 1.807) is 18.2 Å². The Morgan fingerprint density at radius 1 is 1.00 bits per heavy atom. The quantitative estimate of drug-likeness (QED) is 0.393. The van der Waals surface area contributed by atoms with Gasteiger partial charge in [0, 0.05) is 24.6 Å². The fraction of sp³-hybridized carbons (Fsp3) is 0.333. The van der Waals surface area contributed by atoms with Gasteiger partial charge in [-0.2, -0.15) is 0 Å². The molecule has 2 unspecified atom stereocenters. The molecule has 0 heterocycles. The summed E-state index contributed by atoms with van der Waals surface area (Å²) in [6, 6.07) is 20.7. The van der Waals surface area contributed by atoms with E-state index >= 15 is 0 Å². The van der Waals surface area contributed by atoms with Crippen molar-refractivity contribution in [2.45, 2.75) is 59.2 Å². The highest BCUT2D eigenvalue weighted by atomic mass is 19.1. The minimum absolute atomic E-state index is 0.0484. The molecule has 3 rings (SSSR count). The Kier molecular flexibility index (Phi) is 9.62. The van der Waals surface area contributed by atoms with E-state index in [0.717, 1.165) is 23.1 Å². The molecule has 3 aromatic carbocycles. The summed E-state index contributed by atoms with van der Waals surface area (Å²) in [6.07, 6.45) is 1.05. The molecule has 2 atom stereocenters. The minimum Gasteiger partial charge on any atom is -0.483 e. The first-order chi connectivity index (χ1) is 17.3. The molecule has 1 N–H and O–H groups in total. The van der Waals surface area contributed by atoms with E-state index in [2.05, 4.69) is 5.32 Å². The molecule has 0 aliphatic carbocycles. The van der Waals surface area contributed by atoms with E-state index < -0.39 is 17.8 Å². The topological polar surface area (TPSA) is 58.6 Å². The molecule has 190 valence electrons. The highest BCUT2D eigenvalue weighted by molar-refractivity contribution is 5.88. The fourth-order valence-electron chi connectivity index (χ4n) is 3.99. The Balaban J connectivity index is 1.93. The number of hydrogen-bond donors (Lipinski definition) is 1. The standard InChI is InChI=1S/C30H35FN2O3/c1-5-23(4)32-30(35)27(18-24-11-7-6-8-12-24)33(19-25-13-9-10-14-26(25)31)29(34)20-36-28-16-15-21(2)17-22(28)3/h6-17,23,27H,5,18-20H2,1-4H3,(H,32,35). The van der Waals surface area contributed by atoms with E-state index in [4.69, 9.17) is 4.74 Å². The van der Waals surface area contributed by atoms with Crippen molar-refractivity contribution in [2.75, 3.05) is 6.61 Å². The van der Waals surface area contributed by atoms with Crippen LogP contribution in [0.1, 0.15) is 42.5 Å². The second kappa shape index (κ2) is 12.9. The lowest BCUT2D eigenvalue weighted by Crippen LogP contribution is -2.53. The number of halogens is 1. The summed E-state index contributed by atoms with van der Waals surface area (Å²) in [5.74, 6) is -0.488. The molecule has 0 fully saturated rings. The minimum atomic E-state index is -0.837. The molecular weight excluding hydrogens is 455 g/mol. The lowest BCUT2D eigenvalue weighted by Gasteiger charge is -2.32. The van der Waals surface area contributed by atoms with Gasteiger partial charge in [0.1, 0.15) is 17.6 Å². The molecule has 0 saturated heterocycles. The zero-order valence-corrected chi connectivity index (χ0v) is 21.5. The van der Waals surface area contributed by atoms with Gasteiger partial charge >= 0.3 is 0 Å². The Morgan fingerprint density at radius 3 is 2.36 bits per heavy atom. The van der Waals surface area contributed by atoms with Gasteiger partial charge in [0.05, 0.1) is 0 Å². The van der Waals surface area contributed by atoms with Gasteiger partial charge in [-0.25, -0.2) is 4.39 Å². The summed E-state index contributed by atoms with van der Waals surface area (Å²) in [7, 11) is 0. The molecule has 3 aromatic rings. The summed E-state index contributed by atoms with van der Waals surface area (Å²) in [6.45, 7) is 7.50. The highest BCUT2D eigenvalue weighted by Crippen LogP contribution is 2.21. The van der Waals surface area contributed by atoms with Crippen LogP contribution in [-0.4, -0.2) is 35.4 Å². The number of carbonyl (C=O) groups excluding carboxylic acids is 2. The van der Waals surface area contributed by atoms with Crippen molar-refractivity contribution in [1.82, 2.24) is 10.2 Å². The Bertz CT molecular complexity index is 1170. The summed E-state index contributed by atoms with van der Waals surface area (Å²) in [5, 5.41) is 3.01. The Morgan fingerprint density at radius 2 is 1.69 bits per heavy atom. The highest BCUT2D eigenvalue weighted by Gasteiger charge is 2.31.